The van der Waals surface area contributed by atoms with Crippen LogP contribution < -0.4 is 15.2 Å². The third kappa shape index (κ3) is 5.23. The Morgan fingerprint density at radius 1 is 0.943 bits per heavy atom. The molecule has 2 aromatic carbocycles. The van der Waals surface area contributed by atoms with Gasteiger partial charge in [-0.15, -0.1) is 0 Å². The van der Waals surface area contributed by atoms with Gasteiger partial charge >= 0.3 is 0 Å². The number of benzene rings is 2. The third-order valence-electron chi connectivity index (χ3n) is 6.78. The maximum atomic E-state index is 6.03. The van der Waals surface area contributed by atoms with Crippen LogP contribution in [0, 0.1) is 0 Å². The minimum Gasteiger partial charge on any atom is -0.490 e. The molecule has 4 aromatic rings. The van der Waals surface area contributed by atoms with Crippen LogP contribution in [0.1, 0.15) is 43.5 Å². The number of pyridine rings is 1. The first-order chi connectivity index (χ1) is 16.9. The Morgan fingerprint density at radius 2 is 1.60 bits per heavy atom. The molecule has 5 rings (SSSR count). The van der Waals surface area contributed by atoms with Gasteiger partial charge in [-0.25, -0.2) is 4.98 Å². The largest absolute Gasteiger partial charge is 0.490 e. The van der Waals surface area contributed by atoms with Gasteiger partial charge in [0.15, 0.2) is 0 Å². The van der Waals surface area contributed by atoms with Crippen molar-refractivity contribution in [3.63, 3.8) is 0 Å². The standard InChI is InChI=1S/C29H32N4O2/c1-29(2,22-9-13-26(14-10-22)35-27-15-23(30)16-27)21-7-11-25(12-8-21)34-19-24-5-4-6-28(32-24)20-17-31-33(3)18-20/h4-14,17-18,23,27H,15-16,19,30H2,1-3H3. The van der Waals surface area contributed by atoms with Crippen LogP contribution in [0.25, 0.3) is 11.3 Å². The first kappa shape index (κ1) is 23.1. The van der Waals surface area contributed by atoms with Crippen molar-refractivity contribution in [2.45, 2.75) is 50.9 Å². The zero-order valence-electron chi connectivity index (χ0n) is 20.5. The molecule has 0 saturated heterocycles. The Labute approximate surface area is 206 Å². The molecule has 2 aromatic heterocycles. The first-order valence-electron chi connectivity index (χ1n) is 12.1. The molecule has 6 nitrogen and oxygen atoms in total. The summed E-state index contributed by atoms with van der Waals surface area (Å²) in [5, 5.41) is 4.22. The van der Waals surface area contributed by atoms with E-state index in [2.05, 4.69) is 55.3 Å². The summed E-state index contributed by atoms with van der Waals surface area (Å²) in [5.74, 6) is 1.73. The van der Waals surface area contributed by atoms with E-state index in [1.165, 1.54) is 11.1 Å². The minimum absolute atomic E-state index is 0.143. The summed E-state index contributed by atoms with van der Waals surface area (Å²) < 4.78 is 13.8. The van der Waals surface area contributed by atoms with Crippen LogP contribution in [0.15, 0.2) is 79.1 Å². The summed E-state index contributed by atoms with van der Waals surface area (Å²) >= 11 is 0. The molecule has 0 amide bonds. The van der Waals surface area contributed by atoms with E-state index in [4.69, 9.17) is 20.2 Å². The maximum Gasteiger partial charge on any atom is 0.130 e. The van der Waals surface area contributed by atoms with Crippen LogP contribution in [0.5, 0.6) is 11.5 Å². The van der Waals surface area contributed by atoms with E-state index in [0.29, 0.717) is 12.6 Å². The molecule has 0 aliphatic heterocycles. The summed E-state index contributed by atoms with van der Waals surface area (Å²) in [7, 11) is 1.90. The maximum absolute atomic E-state index is 6.03. The Balaban J connectivity index is 1.21. The molecule has 1 fully saturated rings. The van der Waals surface area contributed by atoms with Gasteiger partial charge in [0, 0.05) is 30.3 Å². The van der Waals surface area contributed by atoms with Gasteiger partial charge in [-0.2, -0.15) is 5.10 Å². The molecule has 0 spiro atoms. The van der Waals surface area contributed by atoms with Crippen molar-refractivity contribution in [2.24, 2.45) is 12.8 Å². The van der Waals surface area contributed by atoms with Gasteiger partial charge in [0.1, 0.15) is 24.2 Å². The molecule has 2 N–H and O–H groups in total. The Hall–Kier alpha value is -3.64. The molecule has 0 bridgehead atoms. The van der Waals surface area contributed by atoms with Gasteiger partial charge in [-0.1, -0.05) is 44.2 Å². The highest BCUT2D eigenvalue weighted by Gasteiger charge is 2.28. The van der Waals surface area contributed by atoms with Gasteiger partial charge in [0.05, 0.1) is 17.6 Å². The van der Waals surface area contributed by atoms with E-state index < -0.39 is 0 Å². The zero-order chi connectivity index (χ0) is 24.4. The lowest BCUT2D eigenvalue weighted by molar-refractivity contribution is 0.101. The number of aryl methyl sites for hydroxylation is 1. The quantitative estimate of drug-likeness (QED) is 0.382. The first-order valence-corrected chi connectivity index (χ1v) is 12.1. The van der Waals surface area contributed by atoms with Crippen LogP contribution in [0.2, 0.25) is 0 Å². The Kier molecular flexibility index (Phi) is 6.31. The average Bonchev–Trinajstić information content (AvgIpc) is 3.29. The Morgan fingerprint density at radius 3 is 2.20 bits per heavy atom. The number of aromatic nitrogens is 3. The summed E-state index contributed by atoms with van der Waals surface area (Å²) in [6, 6.07) is 23.0. The van der Waals surface area contributed by atoms with E-state index in [1.807, 2.05) is 49.8 Å². The highest BCUT2D eigenvalue weighted by atomic mass is 16.5. The molecular formula is C29H32N4O2. The van der Waals surface area contributed by atoms with E-state index in [9.17, 15) is 0 Å². The monoisotopic (exact) mass is 468 g/mol. The summed E-state index contributed by atoms with van der Waals surface area (Å²) in [5.41, 5.74) is 10.9. The molecule has 35 heavy (non-hydrogen) atoms. The van der Waals surface area contributed by atoms with E-state index in [-0.39, 0.29) is 11.5 Å². The van der Waals surface area contributed by atoms with E-state index in [0.717, 1.165) is 41.3 Å². The van der Waals surface area contributed by atoms with Gasteiger partial charge in [0.25, 0.3) is 0 Å². The predicted octanol–water partition coefficient (Wildman–Crippen LogP) is 5.26. The van der Waals surface area contributed by atoms with Crippen LogP contribution in [0.4, 0.5) is 0 Å². The third-order valence-corrected chi connectivity index (χ3v) is 6.78. The van der Waals surface area contributed by atoms with E-state index in [1.54, 1.807) is 4.68 Å². The second-order valence-corrected chi connectivity index (χ2v) is 9.85. The van der Waals surface area contributed by atoms with Crippen LogP contribution in [0.3, 0.4) is 0 Å². The summed E-state index contributed by atoms with van der Waals surface area (Å²) in [6.07, 6.45) is 5.90. The van der Waals surface area contributed by atoms with Gasteiger partial charge in [0.2, 0.25) is 0 Å². The minimum atomic E-state index is -0.143. The van der Waals surface area contributed by atoms with Crippen molar-refractivity contribution >= 4 is 0 Å². The fourth-order valence-corrected chi connectivity index (χ4v) is 4.41. The second-order valence-electron chi connectivity index (χ2n) is 9.85. The second kappa shape index (κ2) is 9.55. The number of ether oxygens (including phenoxy) is 2. The summed E-state index contributed by atoms with van der Waals surface area (Å²) in [4.78, 5) is 4.71. The molecule has 0 atom stereocenters. The molecule has 6 heteroatoms. The van der Waals surface area contributed by atoms with Crippen molar-refractivity contribution in [3.05, 3.63) is 95.9 Å². The smallest absolute Gasteiger partial charge is 0.130 e. The van der Waals surface area contributed by atoms with Crippen LogP contribution in [-0.4, -0.2) is 26.9 Å². The van der Waals surface area contributed by atoms with E-state index >= 15 is 0 Å². The van der Waals surface area contributed by atoms with Crippen LogP contribution >= 0.6 is 0 Å². The normalized spacial score (nSPS) is 17.6. The number of rotatable bonds is 8. The molecular weight excluding hydrogens is 436 g/mol. The molecule has 0 unspecified atom stereocenters. The molecule has 1 aliphatic rings. The topological polar surface area (TPSA) is 75.2 Å². The average molecular weight is 469 g/mol. The van der Waals surface area contributed by atoms with Gasteiger partial charge in [-0.05, 0) is 60.4 Å². The molecule has 2 heterocycles. The van der Waals surface area contributed by atoms with Crippen molar-refractivity contribution in [3.8, 4) is 22.8 Å². The van der Waals surface area contributed by atoms with Crippen LogP contribution in [-0.2, 0) is 19.1 Å². The van der Waals surface area contributed by atoms with Gasteiger partial charge < -0.3 is 15.2 Å². The van der Waals surface area contributed by atoms with Crippen molar-refractivity contribution < 1.29 is 9.47 Å². The van der Waals surface area contributed by atoms with Crippen molar-refractivity contribution in [2.75, 3.05) is 0 Å². The molecule has 180 valence electrons. The number of nitrogens with two attached hydrogens (primary N) is 1. The number of hydrogen-bond donors (Lipinski definition) is 1. The molecule has 1 aliphatic carbocycles. The summed E-state index contributed by atoms with van der Waals surface area (Å²) in [6.45, 7) is 4.87. The molecule has 0 radical (unpaired) electrons. The Bertz CT molecular complexity index is 1270. The fourth-order valence-electron chi connectivity index (χ4n) is 4.41. The lowest BCUT2D eigenvalue weighted by atomic mass is 9.78. The zero-order valence-corrected chi connectivity index (χ0v) is 20.5. The lowest BCUT2D eigenvalue weighted by Gasteiger charge is -2.33. The van der Waals surface area contributed by atoms with Gasteiger partial charge in [-0.3, -0.25) is 4.68 Å². The predicted molar refractivity (Wildman–Crippen MR) is 137 cm³/mol. The number of nitrogens with zero attached hydrogens (tertiary/aromatic N) is 3. The highest BCUT2D eigenvalue weighted by Crippen LogP contribution is 2.34. The van der Waals surface area contributed by atoms with Crippen molar-refractivity contribution in [1.29, 1.82) is 0 Å². The number of hydrogen-bond acceptors (Lipinski definition) is 5. The molecule has 1 saturated carbocycles. The fraction of sp³-hybridized carbons (Fsp3) is 0.310. The SMILES string of the molecule is Cn1cc(-c2cccc(COc3ccc(C(C)(C)c4ccc(OC5CC(N)C5)cc4)cc3)n2)cn1. The van der Waals surface area contributed by atoms with Crippen molar-refractivity contribution in [1.82, 2.24) is 14.8 Å². The lowest BCUT2D eigenvalue weighted by Crippen LogP contribution is -2.43. The highest BCUT2D eigenvalue weighted by molar-refractivity contribution is 5.56.